The molecule has 2 heterocycles. The Morgan fingerprint density at radius 2 is 1.94 bits per heavy atom. The molecular weight excluding hydrogens is 339 g/mol. The van der Waals surface area contributed by atoms with Crippen LogP contribution in [0.2, 0.25) is 0 Å². The summed E-state index contributed by atoms with van der Waals surface area (Å²) < 4.78 is 16.4. The van der Waals surface area contributed by atoms with Crippen molar-refractivity contribution in [3.63, 3.8) is 0 Å². The Balaban J connectivity index is 1.86. The monoisotopic (exact) mass is 354 g/mol. The Labute approximate surface area is 113 Å². The molecule has 2 saturated heterocycles. The van der Waals surface area contributed by atoms with Crippen molar-refractivity contribution in [2.45, 2.75) is 60.3 Å². The van der Waals surface area contributed by atoms with Crippen LogP contribution < -0.4 is 0 Å². The number of halogens is 1. The van der Waals surface area contributed by atoms with Gasteiger partial charge in [-0.15, -0.1) is 0 Å². The maximum Gasteiger partial charge on any atom is 0.339 e. The first-order valence-electron chi connectivity index (χ1n) is 6.00. The van der Waals surface area contributed by atoms with Crippen LogP contribution in [0.1, 0.15) is 32.1 Å². The van der Waals surface area contributed by atoms with E-state index >= 15 is 0 Å². The van der Waals surface area contributed by atoms with Crippen molar-refractivity contribution >= 4 is 28.6 Å². The third kappa shape index (κ3) is 1.98. The summed E-state index contributed by atoms with van der Waals surface area (Å²) >= 11 is 2.10. The first-order chi connectivity index (χ1) is 8.11. The van der Waals surface area contributed by atoms with E-state index in [9.17, 15) is 9.90 Å². The minimum atomic E-state index is -1.16. The van der Waals surface area contributed by atoms with Crippen molar-refractivity contribution in [3.8, 4) is 0 Å². The van der Waals surface area contributed by atoms with Crippen LogP contribution in [0.5, 0.6) is 0 Å². The number of carbonyl (C=O) groups excluding carboxylic acids is 1. The van der Waals surface area contributed by atoms with Crippen LogP contribution in [0.4, 0.5) is 0 Å². The Bertz CT molecular complexity index is 328. The standard InChI is InChI=1S/C11H15IO5/c12-6-7-9(13)15-10(14)8(6)17-11(16-7)4-2-1-3-5-11/h6-9,13H,1-5H2/t6-,7?,8?,9?/m0/s1. The molecule has 0 aromatic heterocycles. The highest BCUT2D eigenvalue weighted by molar-refractivity contribution is 14.1. The predicted molar refractivity (Wildman–Crippen MR) is 65.5 cm³/mol. The van der Waals surface area contributed by atoms with Crippen molar-refractivity contribution in [1.82, 2.24) is 0 Å². The number of fused-ring (bicyclic) bond motifs is 2. The van der Waals surface area contributed by atoms with Gasteiger partial charge in [0.1, 0.15) is 6.10 Å². The number of ether oxygens (including phenoxy) is 3. The Kier molecular flexibility index (Phi) is 3.09. The van der Waals surface area contributed by atoms with E-state index in [-0.39, 0.29) is 3.92 Å². The largest absolute Gasteiger partial charge is 0.431 e. The van der Waals surface area contributed by atoms with E-state index in [0.717, 1.165) is 25.7 Å². The number of esters is 1. The summed E-state index contributed by atoms with van der Waals surface area (Å²) in [5.74, 6) is -1.14. The molecule has 0 radical (unpaired) electrons. The molecule has 1 N–H and O–H groups in total. The van der Waals surface area contributed by atoms with Crippen LogP contribution in [0.3, 0.4) is 0 Å². The van der Waals surface area contributed by atoms with Crippen LogP contribution in [0.15, 0.2) is 0 Å². The van der Waals surface area contributed by atoms with Crippen molar-refractivity contribution in [2.24, 2.45) is 0 Å². The fourth-order valence-corrected chi connectivity index (χ4v) is 3.72. The van der Waals surface area contributed by atoms with Crippen molar-refractivity contribution in [2.75, 3.05) is 0 Å². The first-order valence-corrected chi connectivity index (χ1v) is 7.24. The normalized spacial score (nSPS) is 44.5. The molecular formula is C11H15IO5. The molecule has 5 nitrogen and oxygen atoms in total. The zero-order valence-electron chi connectivity index (χ0n) is 9.30. The number of carbonyl (C=O) groups is 1. The summed E-state index contributed by atoms with van der Waals surface area (Å²) in [5.41, 5.74) is 0. The lowest BCUT2D eigenvalue weighted by Crippen LogP contribution is -2.65. The van der Waals surface area contributed by atoms with Crippen molar-refractivity contribution in [1.29, 1.82) is 0 Å². The highest BCUT2D eigenvalue weighted by atomic mass is 127. The number of aliphatic hydroxyl groups excluding tert-OH is 1. The summed E-state index contributed by atoms with van der Waals surface area (Å²) in [7, 11) is 0. The van der Waals surface area contributed by atoms with Gasteiger partial charge in [0.2, 0.25) is 6.29 Å². The van der Waals surface area contributed by atoms with Crippen LogP contribution in [0.25, 0.3) is 0 Å². The summed E-state index contributed by atoms with van der Waals surface area (Å²) in [5, 5.41) is 9.75. The van der Waals surface area contributed by atoms with Crippen molar-refractivity contribution in [3.05, 3.63) is 0 Å². The molecule has 1 aliphatic carbocycles. The third-order valence-electron chi connectivity index (χ3n) is 3.66. The molecule has 96 valence electrons. The maximum atomic E-state index is 11.7. The molecule has 1 saturated carbocycles. The first kappa shape index (κ1) is 12.1. The molecule has 4 atom stereocenters. The highest BCUT2D eigenvalue weighted by Gasteiger charge is 2.56. The Morgan fingerprint density at radius 3 is 2.65 bits per heavy atom. The van der Waals surface area contributed by atoms with Gasteiger partial charge >= 0.3 is 5.97 Å². The summed E-state index contributed by atoms with van der Waals surface area (Å²) in [6.07, 6.45) is 2.61. The molecule has 0 amide bonds. The lowest BCUT2D eigenvalue weighted by Gasteiger charge is -2.51. The second-order valence-corrected chi connectivity index (χ2v) is 6.30. The molecule has 3 rings (SSSR count). The fourth-order valence-electron chi connectivity index (χ4n) is 2.78. The van der Waals surface area contributed by atoms with Gasteiger partial charge < -0.3 is 19.3 Å². The second-order valence-electron chi connectivity index (χ2n) is 4.86. The zero-order valence-corrected chi connectivity index (χ0v) is 11.5. The van der Waals surface area contributed by atoms with Gasteiger partial charge in [-0.3, -0.25) is 0 Å². The number of rotatable bonds is 0. The van der Waals surface area contributed by atoms with Gasteiger partial charge in [-0.25, -0.2) is 4.79 Å². The summed E-state index contributed by atoms with van der Waals surface area (Å²) in [6.45, 7) is 0. The lowest BCUT2D eigenvalue weighted by molar-refractivity contribution is -0.365. The molecule has 3 fully saturated rings. The molecule has 1 spiro atoms. The van der Waals surface area contributed by atoms with Gasteiger partial charge in [0.05, 0.1) is 3.92 Å². The minimum Gasteiger partial charge on any atom is -0.431 e. The quantitative estimate of drug-likeness (QED) is 0.401. The van der Waals surface area contributed by atoms with E-state index in [0.29, 0.717) is 0 Å². The minimum absolute atomic E-state index is 0.184. The summed E-state index contributed by atoms with van der Waals surface area (Å²) in [6, 6.07) is 0. The smallest absolute Gasteiger partial charge is 0.339 e. The van der Waals surface area contributed by atoms with Gasteiger partial charge in [-0.05, 0) is 12.8 Å². The lowest BCUT2D eigenvalue weighted by atomic mass is 9.91. The third-order valence-corrected chi connectivity index (χ3v) is 5.02. The van der Waals surface area contributed by atoms with Gasteiger partial charge in [-0.1, -0.05) is 29.0 Å². The molecule has 2 aliphatic heterocycles. The number of cyclic esters (lactones) is 1. The predicted octanol–water partition coefficient (Wildman–Crippen LogP) is 1.11. The van der Waals surface area contributed by atoms with Crippen molar-refractivity contribution < 1.29 is 24.1 Å². The number of hydrogen-bond acceptors (Lipinski definition) is 5. The molecule has 3 unspecified atom stereocenters. The van der Waals surface area contributed by atoms with Crippen LogP contribution in [0, 0.1) is 0 Å². The van der Waals surface area contributed by atoms with E-state index in [1.807, 2.05) is 0 Å². The molecule has 0 aromatic rings. The maximum absolute atomic E-state index is 11.7. The van der Waals surface area contributed by atoms with E-state index in [4.69, 9.17) is 14.2 Å². The highest BCUT2D eigenvalue weighted by Crippen LogP contribution is 2.44. The number of aliphatic hydroxyl groups is 1. The van der Waals surface area contributed by atoms with Gasteiger partial charge in [0, 0.05) is 12.8 Å². The molecule has 6 heteroatoms. The van der Waals surface area contributed by atoms with E-state index < -0.39 is 30.3 Å². The van der Waals surface area contributed by atoms with Crippen LogP contribution in [-0.2, 0) is 19.0 Å². The van der Waals surface area contributed by atoms with Gasteiger partial charge in [0.15, 0.2) is 11.9 Å². The Morgan fingerprint density at radius 1 is 1.24 bits per heavy atom. The molecule has 0 aromatic carbocycles. The summed E-state index contributed by atoms with van der Waals surface area (Å²) in [4.78, 5) is 11.7. The molecule has 2 bridgehead atoms. The average Bonchev–Trinajstić information content (AvgIpc) is 2.31. The van der Waals surface area contributed by atoms with E-state index in [1.54, 1.807) is 0 Å². The SMILES string of the molecule is O=C1OC(O)C2OC3(CCCCC3)OC1[C@H]2I. The van der Waals surface area contributed by atoms with Gasteiger partial charge in [-0.2, -0.15) is 0 Å². The average molecular weight is 354 g/mol. The van der Waals surface area contributed by atoms with Gasteiger partial charge in [0.25, 0.3) is 0 Å². The zero-order chi connectivity index (χ0) is 12.0. The Hall–Kier alpha value is 0.0800. The fraction of sp³-hybridized carbons (Fsp3) is 0.909. The number of alkyl halides is 1. The van der Waals surface area contributed by atoms with E-state index in [2.05, 4.69) is 22.6 Å². The van der Waals surface area contributed by atoms with E-state index in [1.165, 1.54) is 6.42 Å². The van der Waals surface area contributed by atoms with Crippen LogP contribution >= 0.6 is 22.6 Å². The molecule has 3 aliphatic rings. The second kappa shape index (κ2) is 4.32. The number of hydrogen-bond donors (Lipinski definition) is 1. The molecule has 17 heavy (non-hydrogen) atoms. The van der Waals surface area contributed by atoms with Crippen LogP contribution in [-0.4, -0.2) is 39.3 Å². The topological polar surface area (TPSA) is 65.0 Å².